The van der Waals surface area contributed by atoms with Crippen molar-refractivity contribution in [2.75, 3.05) is 11.9 Å². The summed E-state index contributed by atoms with van der Waals surface area (Å²) in [6, 6.07) is 6.34. The van der Waals surface area contributed by atoms with Crippen molar-refractivity contribution < 1.29 is 9.90 Å². The Morgan fingerprint density at radius 3 is 1.02 bits per heavy atom. The number of rotatable bonds is 33. The van der Waals surface area contributed by atoms with Crippen LogP contribution < -0.4 is 10.6 Å². The van der Waals surface area contributed by atoms with Crippen molar-refractivity contribution >= 4 is 11.7 Å². The largest absolute Gasteiger partial charge is 0.508 e. The van der Waals surface area contributed by atoms with Gasteiger partial charge >= 0.3 is 6.03 Å². The Hall–Kier alpha value is -1.71. The number of nitrogens with one attached hydrogen (secondary N) is 2. The van der Waals surface area contributed by atoms with Crippen molar-refractivity contribution in [2.45, 2.75) is 206 Å². The number of benzene rings is 1. The zero-order chi connectivity index (χ0) is 31.6. The number of anilines is 1. The fraction of sp³-hybridized carbons (Fsp3) is 0.825. The Morgan fingerprint density at radius 1 is 0.455 bits per heavy atom. The number of urea groups is 1. The minimum absolute atomic E-state index is 0.179. The van der Waals surface area contributed by atoms with Crippen LogP contribution in [0.15, 0.2) is 24.3 Å². The number of hydrogen-bond donors (Lipinski definition) is 3. The molecule has 0 radical (unpaired) electrons. The summed E-state index contributed by atoms with van der Waals surface area (Å²) in [6.45, 7) is 3.01. The molecule has 0 aliphatic heterocycles. The summed E-state index contributed by atoms with van der Waals surface area (Å²) in [5, 5.41) is 15.0. The summed E-state index contributed by atoms with van der Waals surface area (Å²) in [5.74, 6) is 0.201. The van der Waals surface area contributed by atoms with Gasteiger partial charge in [-0.15, -0.1) is 0 Å². The van der Waals surface area contributed by atoms with Crippen LogP contribution >= 0.6 is 0 Å². The molecule has 0 fully saturated rings. The van der Waals surface area contributed by atoms with Crippen molar-refractivity contribution in [3.8, 4) is 5.75 Å². The first-order valence-electron chi connectivity index (χ1n) is 19.6. The molecule has 0 aromatic heterocycles. The molecular weight excluding hydrogens is 540 g/mol. The third-order valence-electron chi connectivity index (χ3n) is 9.19. The summed E-state index contributed by atoms with van der Waals surface area (Å²) in [6.07, 6.45) is 43.9. The average Bonchev–Trinajstić information content (AvgIpc) is 3.02. The van der Waals surface area contributed by atoms with Gasteiger partial charge in [-0.25, -0.2) is 4.79 Å². The lowest BCUT2D eigenvalue weighted by Gasteiger charge is -2.07. The quantitative estimate of drug-likeness (QED) is 0.0545. The van der Waals surface area contributed by atoms with E-state index in [4.69, 9.17) is 0 Å². The van der Waals surface area contributed by atoms with E-state index in [9.17, 15) is 9.90 Å². The van der Waals surface area contributed by atoms with Crippen LogP contribution in [0.2, 0.25) is 0 Å². The van der Waals surface area contributed by atoms with Gasteiger partial charge in [0.25, 0.3) is 0 Å². The average molecular weight is 615 g/mol. The minimum atomic E-state index is -0.179. The molecule has 0 spiro atoms. The van der Waals surface area contributed by atoms with Crippen LogP contribution in [0.3, 0.4) is 0 Å². The van der Waals surface area contributed by atoms with Crippen molar-refractivity contribution in [3.05, 3.63) is 24.3 Å². The van der Waals surface area contributed by atoms with Crippen molar-refractivity contribution in [2.24, 2.45) is 0 Å². The zero-order valence-corrected chi connectivity index (χ0v) is 29.3. The summed E-state index contributed by atoms with van der Waals surface area (Å²) in [4.78, 5) is 11.9. The van der Waals surface area contributed by atoms with E-state index >= 15 is 0 Å². The zero-order valence-electron chi connectivity index (χ0n) is 29.3. The number of aromatic hydroxyl groups is 1. The van der Waals surface area contributed by atoms with E-state index in [1.807, 2.05) is 0 Å². The summed E-state index contributed by atoms with van der Waals surface area (Å²) in [5.41, 5.74) is 0.691. The second-order valence-corrected chi connectivity index (χ2v) is 13.5. The molecule has 0 atom stereocenters. The van der Waals surface area contributed by atoms with Crippen molar-refractivity contribution in [3.63, 3.8) is 0 Å². The van der Waals surface area contributed by atoms with E-state index in [1.165, 1.54) is 193 Å². The van der Waals surface area contributed by atoms with E-state index in [1.54, 1.807) is 24.3 Å². The molecule has 0 saturated heterocycles. The van der Waals surface area contributed by atoms with Crippen LogP contribution in [0, 0.1) is 0 Å². The fourth-order valence-corrected chi connectivity index (χ4v) is 6.25. The molecule has 256 valence electrons. The Bertz CT molecular complexity index is 721. The molecule has 1 aromatic rings. The van der Waals surface area contributed by atoms with E-state index in [0.717, 1.165) is 6.42 Å². The van der Waals surface area contributed by atoms with Crippen molar-refractivity contribution in [1.82, 2.24) is 5.32 Å². The van der Waals surface area contributed by atoms with E-state index < -0.39 is 0 Å². The molecule has 1 rings (SSSR count). The van der Waals surface area contributed by atoms with Gasteiger partial charge in [-0.1, -0.05) is 200 Å². The first-order chi connectivity index (χ1) is 21.7. The highest BCUT2D eigenvalue weighted by atomic mass is 16.3. The molecule has 0 aliphatic rings. The van der Waals surface area contributed by atoms with Crippen LogP contribution in [0.4, 0.5) is 10.5 Å². The summed E-state index contributed by atoms with van der Waals surface area (Å²) < 4.78 is 0. The number of unbranched alkanes of at least 4 members (excludes halogenated alkanes) is 30. The van der Waals surface area contributed by atoms with Gasteiger partial charge in [0.2, 0.25) is 0 Å². The number of amides is 2. The van der Waals surface area contributed by atoms with Crippen LogP contribution in [-0.4, -0.2) is 17.7 Å². The molecular formula is C40H74N2O2. The van der Waals surface area contributed by atoms with Gasteiger partial charge in [-0.3, -0.25) is 0 Å². The van der Waals surface area contributed by atoms with Gasteiger partial charge in [0.1, 0.15) is 5.75 Å². The Labute approximate surface area is 274 Å². The smallest absolute Gasteiger partial charge is 0.319 e. The SMILES string of the molecule is CCCCCCCCCCCCCCCCCCCCCCCCCCCCCCCCCNC(=O)Nc1ccc(O)cc1. The van der Waals surface area contributed by atoms with E-state index in [2.05, 4.69) is 17.6 Å². The Balaban J connectivity index is 1.66. The maximum atomic E-state index is 11.9. The van der Waals surface area contributed by atoms with Gasteiger partial charge < -0.3 is 15.7 Å². The molecule has 1 aromatic carbocycles. The van der Waals surface area contributed by atoms with Crippen LogP contribution in [0.5, 0.6) is 5.75 Å². The molecule has 4 nitrogen and oxygen atoms in total. The molecule has 44 heavy (non-hydrogen) atoms. The molecule has 0 bridgehead atoms. The van der Waals surface area contributed by atoms with Gasteiger partial charge in [0.05, 0.1) is 0 Å². The molecule has 0 saturated carbocycles. The standard InChI is InChI=1S/C40H74N2O2/c1-2-3-4-5-6-7-8-9-10-11-12-13-14-15-16-17-18-19-20-21-22-23-24-25-26-27-28-29-30-31-32-37-41-40(44)42-38-33-35-39(43)36-34-38/h33-36,43H,2-32,37H2,1H3,(H2,41,42,44). The van der Waals surface area contributed by atoms with Gasteiger partial charge in [0.15, 0.2) is 0 Å². The lowest BCUT2D eigenvalue weighted by Crippen LogP contribution is -2.29. The number of carbonyl (C=O) groups is 1. The maximum absolute atomic E-state index is 11.9. The van der Waals surface area contributed by atoms with E-state index in [-0.39, 0.29) is 11.8 Å². The monoisotopic (exact) mass is 615 g/mol. The second kappa shape index (κ2) is 32.7. The van der Waals surface area contributed by atoms with Crippen molar-refractivity contribution in [1.29, 1.82) is 0 Å². The Kier molecular flexibility index (Phi) is 29.9. The number of hydrogen-bond acceptors (Lipinski definition) is 2. The molecule has 0 aliphatic carbocycles. The van der Waals surface area contributed by atoms with E-state index in [0.29, 0.717) is 12.2 Å². The third-order valence-corrected chi connectivity index (χ3v) is 9.19. The lowest BCUT2D eigenvalue weighted by atomic mass is 10.0. The summed E-state index contributed by atoms with van der Waals surface area (Å²) >= 11 is 0. The predicted molar refractivity (Wildman–Crippen MR) is 194 cm³/mol. The normalized spacial score (nSPS) is 11.2. The second-order valence-electron chi connectivity index (χ2n) is 13.5. The highest BCUT2D eigenvalue weighted by molar-refractivity contribution is 5.89. The highest BCUT2D eigenvalue weighted by Gasteiger charge is 2.01. The maximum Gasteiger partial charge on any atom is 0.319 e. The van der Waals surface area contributed by atoms with Crippen LogP contribution in [0.25, 0.3) is 0 Å². The number of phenols is 1. The first-order valence-corrected chi connectivity index (χ1v) is 19.6. The lowest BCUT2D eigenvalue weighted by molar-refractivity contribution is 0.252. The molecule has 4 heteroatoms. The van der Waals surface area contributed by atoms with Gasteiger partial charge in [0, 0.05) is 12.2 Å². The Morgan fingerprint density at radius 2 is 0.727 bits per heavy atom. The number of phenolic OH excluding ortho intramolecular Hbond substituents is 1. The van der Waals surface area contributed by atoms with Crippen LogP contribution in [-0.2, 0) is 0 Å². The minimum Gasteiger partial charge on any atom is -0.508 e. The predicted octanol–water partition coefficient (Wildman–Crippen LogP) is 13.6. The number of carbonyl (C=O) groups excluding carboxylic acids is 1. The molecule has 3 N–H and O–H groups in total. The molecule has 2 amide bonds. The highest BCUT2D eigenvalue weighted by Crippen LogP contribution is 2.17. The van der Waals surface area contributed by atoms with Gasteiger partial charge in [-0.2, -0.15) is 0 Å². The van der Waals surface area contributed by atoms with Crippen LogP contribution in [0.1, 0.15) is 206 Å². The molecule has 0 unspecified atom stereocenters. The topological polar surface area (TPSA) is 61.4 Å². The van der Waals surface area contributed by atoms with Gasteiger partial charge in [-0.05, 0) is 30.7 Å². The summed E-state index contributed by atoms with van der Waals surface area (Å²) in [7, 11) is 0. The first kappa shape index (κ1) is 40.3. The molecule has 0 heterocycles. The fourth-order valence-electron chi connectivity index (χ4n) is 6.25. The third kappa shape index (κ3) is 29.0.